The molecule has 0 atom stereocenters. The van der Waals surface area contributed by atoms with E-state index in [-0.39, 0.29) is 12.5 Å². The standard InChI is InChI=1S/C17H25F3N2O3/c1-22(13-17(18,19)20)11-4-10-21-16(23)5-3-12-25-15-8-6-14(24-2)7-9-15/h6-9H,3-5,10-13H2,1-2H3,(H,21,23). The lowest BCUT2D eigenvalue weighted by Gasteiger charge is -2.18. The highest BCUT2D eigenvalue weighted by molar-refractivity contribution is 5.75. The molecule has 0 radical (unpaired) electrons. The van der Waals surface area contributed by atoms with Crippen LogP contribution in [0.15, 0.2) is 24.3 Å². The van der Waals surface area contributed by atoms with Crippen LogP contribution in [-0.4, -0.2) is 57.4 Å². The molecule has 1 aromatic rings. The first-order valence-corrected chi connectivity index (χ1v) is 8.09. The number of halogens is 3. The quantitative estimate of drug-likeness (QED) is 0.615. The Bertz CT molecular complexity index is 507. The Labute approximate surface area is 146 Å². The van der Waals surface area contributed by atoms with Crippen molar-refractivity contribution in [2.75, 3.05) is 40.4 Å². The first-order chi connectivity index (χ1) is 11.8. The van der Waals surface area contributed by atoms with Crippen LogP contribution in [0, 0.1) is 0 Å². The summed E-state index contributed by atoms with van der Waals surface area (Å²) in [6.45, 7) is 0.110. The topological polar surface area (TPSA) is 50.8 Å². The van der Waals surface area contributed by atoms with E-state index >= 15 is 0 Å². The van der Waals surface area contributed by atoms with Gasteiger partial charge in [-0.15, -0.1) is 0 Å². The van der Waals surface area contributed by atoms with Crippen molar-refractivity contribution in [3.8, 4) is 11.5 Å². The minimum absolute atomic E-state index is 0.128. The minimum Gasteiger partial charge on any atom is -0.497 e. The molecule has 0 bridgehead atoms. The van der Waals surface area contributed by atoms with Crippen LogP contribution in [0.3, 0.4) is 0 Å². The van der Waals surface area contributed by atoms with Crippen LogP contribution in [-0.2, 0) is 4.79 Å². The highest BCUT2D eigenvalue weighted by Crippen LogP contribution is 2.17. The smallest absolute Gasteiger partial charge is 0.401 e. The van der Waals surface area contributed by atoms with Crippen LogP contribution >= 0.6 is 0 Å². The second kappa shape index (κ2) is 10.8. The van der Waals surface area contributed by atoms with Crippen molar-refractivity contribution in [3.63, 3.8) is 0 Å². The van der Waals surface area contributed by atoms with Gasteiger partial charge in [0.2, 0.25) is 5.91 Å². The molecule has 0 aliphatic carbocycles. The van der Waals surface area contributed by atoms with Gasteiger partial charge in [0.05, 0.1) is 20.3 Å². The van der Waals surface area contributed by atoms with Crippen molar-refractivity contribution in [2.45, 2.75) is 25.4 Å². The van der Waals surface area contributed by atoms with Crippen molar-refractivity contribution in [2.24, 2.45) is 0 Å². The fraction of sp³-hybridized carbons (Fsp3) is 0.588. The van der Waals surface area contributed by atoms with Crippen LogP contribution in [0.4, 0.5) is 13.2 Å². The zero-order valence-corrected chi connectivity index (χ0v) is 14.6. The van der Waals surface area contributed by atoms with Crippen LogP contribution in [0.1, 0.15) is 19.3 Å². The summed E-state index contributed by atoms with van der Waals surface area (Å²) in [4.78, 5) is 12.8. The Morgan fingerprint density at radius 3 is 2.40 bits per heavy atom. The molecule has 25 heavy (non-hydrogen) atoms. The number of benzene rings is 1. The maximum Gasteiger partial charge on any atom is 0.401 e. The van der Waals surface area contributed by atoms with Gasteiger partial charge in [0, 0.05) is 13.0 Å². The van der Waals surface area contributed by atoms with Crippen molar-refractivity contribution < 1.29 is 27.4 Å². The molecular weight excluding hydrogens is 337 g/mol. The van der Waals surface area contributed by atoms with Gasteiger partial charge in [-0.3, -0.25) is 9.69 Å². The monoisotopic (exact) mass is 362 g/mol. The predicted molar refractivity (Wildman–Crippen MR) is 88.9 cm³/mol. The predicted octanol–water partition coefficient (Wildman–Crippen LogP) is 2.85. The van der Waals surface area contributed by atoms with E-state index < -0.39 is 12.7 Å². The number of rotatable bonds is 11. The Hall–Kier alpha value is -1.96. The molecule has 5 nitrogen and oxygen atoms in total. The summed E-state index contributed by atoms with van der Waals surface area (Å²) in [6.07, 6.45) is -2.84. The average Bonchev–Trinajstić information content (AvgIpc) is 2.54. The molecule has 0 aliphatic heterocycles. The molecule has 0 saturated carbocycles. The first kappa shape index (κ1) is 21.1. The minimum atomic E-state index is -4.19. The lowest BCUT2D eigenvalue weighted by Crippen LogP contribution is -2.33. The molecular formula is C17H25F3N2O3. The maximum absolute atomic E-state index is 12.1. The number of carbonyl (C=O) groups excluding carboxylic acids is 1. The van der Waals surface area contributed by atoms with Gasteiger partial charge in [0.15, 0.2) is 0 Å². The molecule has 0 fully saturated rings. The molecule has 0 heterocycles. The van der Waals surface area contributed by atoms with Gasteiger partial charge >= 0.3 is 6.18 Å². The summed E-state index contributed by atoms with van der Waals surface area (Å²) < 4.78 is 47.0. The molecule has 0 aliphatic rings. The molecule has 142 valence electrons. The number of nitrogens with one attached hydrogen (secondary N) is 1. The Morgan fingerprint density at radius 1 is 1.16 bits per heavy atom. The summed E-state index contributed by atoms with van der Waals surface area (Å²) in [5.74, 6) is 1.32. The fourth-order valence-electron chi connectivity index (χ4n) is 2.14. The summed E-state index contributed by atoms with van der Waals surface area (Å²) in [6, 6.07) is 7.16. The van der Waals surface area contributed by atoms with E-state index in [0.717, 1.165) is 5.75 Å². The van der Waals surface area contributed by atoms with E-state index in [1.54, 1.807) is 31.4 Å². The highest BCUT2D eigenvalue weighted by atomic mass is 19.4. The summed E-state index contributed by atoms with van der Waals surface area (Å²) in [7, 11) is 2.99. The average molecular weight is 362 g/mol. The number of hydrogen-bond acceptors (Lipinski definition) is 4. The van der Waals surface area contributed by atoms with Gasteiger partial charge in [0.25, 0.3) is 0 Å². The molecule has 1 N–H and O–H groups in total. The summed E-state index contributed by atoms with van der Waals surface area (Å²) >= 11 is 0. The molecule has 0 spiro atoms. The van der Waals surface area contributed by atoms with E-state index in [9.17, 15) is 18.0 Å². The second-order valence-electron chi connectivity index (χ2n) is 5.68. The number of amides is 1. The molecule has 0 aromatic heterocycles. The van der Waals surface area contributed by atoms with Gasteiger partial charge in [0.1, 0.15) is 11.5 Å². The highest BCUT2D eigenvalue weighted by Gasteiger charge is 2.28. The third-order valence-corrected chi connectivity index (χ3v) is 3.36. The van der Waals surface area contributed by atoms with E-state index in [2.05, 4.69) is 5.32 Å². The van der Waals surface area contributed by atoms with Crippen molar-refractivity contribution in [1.29, 1.82) is 0 Å². The normalized spacial score (nSPS) is 11.4. The van der Waals surface area contributed by atoms with Gasteiger partial charge in [-0.05, 0) is 50.7 Å². The molecule has 8 heteroatoms. The molecule has 1 aromatic carbocycles. The summed E-state index contributed by atoms with van der Waals surface area (Å²) in [5.41, 5.74) is 0. The van der Waals surface area contributed by atoms with E-state index in [1.165, 1.54) is 11.9 Å². The lowest BCUT2D eigenvalue weighted by molar-refractivity contribution is -0.143. The third kappa shape index (κ3) is 10.5. The summed E-state index contributed by atoms with van der Waals surface area (Å²) in [5, 5.41) is 2.70. The van der Waals surface area contributed by atoms with Crippen LogP contribution in [0.5, 0.6) is 11.5 Å². The van der Waals surface area contributed by atoms with Gasteiger partial charge < -0.3 is 14.8 Å². The maximum atomic E-state index is 12.1. The first-order valence-electron chi connectivity index (χ1n) is 8.09. The van der Waals surface area contributed by atoms with Gasteiger partial charge in [-0.2, -0.15) is 13.2 Å². The fourth-order valence-corrected chi connectivity index (χ4v) is 2.14. The largest absolute Gasteiger partial charge is 0.497 e. The lowest BCUT2D eigenvalue weighted by atomic mass is 10.3. The van der Waals surface area contributed by atoms with Crippen LogP contribution in [0.2, 0.25) is 0 Å². The molecule has 0 saturated heterocycles. The zero-order chi connectivity index (χ0) is 18.7. The van der Waals surface area contributed by atoms with Crippen molar-refractivity contribution in [1.82, 2.24) is 10.2 Å². The van der Waals surface area contributed by atoms with E-state index in [4.69, 9.17) is 9.47 Å². The van der Waals surface area contributed by atoms with Gasteiger partial charge in [-0.25, -0.2) is 0 Å². The zero-order valence-electron chi connectivity index (χ0n) is 14.6. The van der Waals surface area contributed by atoms with Gasteiger partial charge in [-0.1, -0.05) is 0 Å². The van der Waals surface area contributed by atoms with Crippen LogP contribution < -0.4 is 14.8 Å². The van der Waals surface area contributed by atoms with E-state index in [1.807, 2.05) is 0 Å². The Balaban J connectivity index is 2.05. The number of hydrogen-bond donors (Lipinski definition) is 1. The third-order valence-electron chi connectivity index (χ3n) is 3.36. The van der Waals surface area contributed by atoms with Crippen molar-refractivity contribution in [3.05, 3.63) is 24.3 Å². The Kier molecular flexibility index (Phi) is 9.12. The number of alkyl halides is 3. The van der Waals surface area contributed by atoms with Crippen molar-refractivity contribution >= 4 is 5.91 Å². The molecule has 1 amide bonds. The van der Waals surface area contributed by atoms with Crippen LogP contribution in [0.25, 0.3) is 0 Å². The number of carbonyl (C=O) groups is 1. The Morgan fingerprint density at radius 2 is 1.80 bits per heavy atom. The number of ether oxygens (including phenoxy) is 2. The molecule has 1 rings (SSSR count). The van der Waals surface area contributed by atoms with E-state index in [0.29, 0.717) is 38.2 Å². The SMILES string of the molecule is COc1ccc(OCCCC(=O)NCCCN(C)CC(F)(F)F)cc1. The number of methoxy groups -OCH3 is 1. The molecule has 0 unspecified atom stereocenters. The second-order valence-corrected chi connectivity index (χ2v) is 5.68. The number of nitrogens with zero attached hydrogens (tertiary/aromatic N) is 1.